The fraction of sp³-hybridized carbons (Fsp3) is 0.381. The number of sulfone groups is 1. The Hall–Kier alpha value is -2.05. The number of nitrogens with zero attached hydrogens (tertiary/aromatic N) is 2. The van der Waals surface area contributed by atoms with Crippen molar-refractivity contribution < 1.29 is 13.2 Å². The van der Waals surface area contributed by atoms with Gasteiger partial charge in [0.05, 0.1) is 9.92 Å². The van der Waals surface area contributed by atoms with Crippen LogP contribution in [0.3, 0.4) is 0 Å². The van der Waals surface area contributed by atoms with Gasteiger partial charge in [-0.15, -0.1) is 0 Å². The summed E-state index contributed by atoms with van der Waals surface area (Å²) in [5, 5.41) is 0.122. The highest BCUT2D eigenvalue weighted by Gasteiger charge is 2.20. The number of benzene rings is 2. The second-order valence-corrected chi connectivity index (χ2v) is 9.65. The van der Waals surface area contributed by atoms with Crippen molar-refractivity contribution in [2.75, 3.05) is 31.3 Å². The zero-order valence-corrected chi connectivity index (χ0v) is 17.8. The number of hydrogen-bond acceptors (Lipinski definition) is 4. The Labute approximate surface area is 171 Å². The molecule has 28 heavy (non-hydrogen) atoms. The minimum Gasteiger partial charge on any atom is -0.371 e. The van der Waals surface area contributed by atoms with Gasteiger partial charge < -0.3 is 9.80 Å². The Balaban J connectivity index is 1.82. The van der Waals surface area contributed by atoms with E-state index in [1.807, 2.05) is 18.2 Å². The maximum Gasteiger partial charge on any atom is 0.253 e. The van der Waals surface area contributed by atoms with Crippen LogP contribution < -0.4 is 4.90 Å². The lowest BCUT2D eigenvalue weighted by atomic mass is 10.1. The summed E-state index contributed by atoms with van der Waals surface area (Å²) < 4.78 is 23.8. The fourth-order valence-corrected chi connectivity index (χ4v) is 4.86. The molecule has 1 fully saturated rings. The topological polar surface area (TPSA) is 57.7 Å². The van der Waals surface area contributed by atoms with Crippen LogP contribution in [0, 0.1) is 0 Å². The van der Waals surface area contributed by atoms with E-state index in [0.29, 0.717) is 12.1 Å². The van der Waals surface area contributed by atoms with Crippen molar-refractivity contribution in [1.29, 1.82) is 0 Å². The quantitative estimate of drug-likeness (QED) is 0.733. The third-order valence-corrected chi connectivity index (χ3v) is 6.60. The molecule has 0 bridgehead atoms. The number of piperidine rings is 1. The van der Waals surface area contributed by atoms with Gasteiger partial charge >= 0.3 is 0 Å². The van der Waals surface area contributed by atoms with Crippen molar-refractivity contribution in [3.8, 4) is 0 Å². The summed E-state index contributed by atoms with van der Waals surface area (Å²) in [5.41, 5.74) is 2.55. The average Bonchev–Trinajstić information content (AvgIpc) is 2.68. The van der Waals surface area contributed by atoms with Gasteiger partial charge in [-0.05, 0) is 49.1 Å². The Morgan fingerprint density at radius 1 is 1.11 bits per heavy atom. The standard InChI is InChI=1S/C21H25ClN2O3S/c1-23(21(25)16-10-11-18(22)20(14-16)28(2,26)27)15-17-8-4-5-9-19(17)24-12-6-3-7-13-24/h4-5,8-11,14H,3,6-7,12-13,15H2,1-2H3. The Morgan fingerprint density at radius 3 is 2.46 bits per heavy atom. The SMILES string of the molecule is CN(Cc1ccccc1N1CCCCC1)C(=O)c1ccc(Cl)c(S(C)(=O)=O)c1. The van der Waals surface area contributed by atoms with Crippen LogP contribution in [-0.4, -0.2) is 45.6 Å². The normalized spacial score (nSPS) is 14.8. The first-order chi connectivity index (χ1) is 13.3. The second kappa shape index (κ2) is 8.53. The Morgan fingerprint density at radius 2 is 1.79 bits per heavy atom. The maximum absolute atomic E-state index is 12.9. The number of carbonyl (C=O) groups is 1. The zero-order valence-electron chi connectivity index (χ0n) is 16.2. The molecule has 3 rings (SSSR count). The lowest BCUT2D eigenvalue weighted by Gasteiger charge is -2.31. The molecule has 0 unspecified atom stereocenters. The number of anilines is 1. The number of carbonyl (C=O) groups excluding carboxylic acids is 1. The smallest absolute Gasteiger partial charge is 0.253 e. The molecule has 7 heteroatoms. The Bertz CT molecular complexity index is 969. The third kappa shape index (κ3) is 4.67. The van der Waals surface area contributed by atoms with E-state index >= 15 is 0 Å². The third-order valence-electron chi connectivity index (χ3n) is 5.02. The highest BCUT2D eigenvalue weighted by Crippen LogP contribution is 2.26. The van der Waals surface area contributed by atoms with Gasteiger partial charge in [-0.1, -0.05) is 29.8 Å². The van der Waals surface area contributed by atoms with Gasteiger partial charge in [-0.2, -0.15) is 0 Å². The molecule has 0 radical (unpaired) electrons. The molecule has 0 N–H and O–H groups in total. The van der Waals surface area contributed by atoms with Crippen molar-refractivity contribution in [3.63, 3.8) is 0 Å². The van der Waals surface area contributed by atoms with E-state index in [0.717, 1.165) is 30.6 Å². The summed E-state index contributed by atoms with van der Waals surface area (Å²) in [6.45, 7) is 2.51. The van der Waals surface area contributed by atoms with Gasteiger partial charge in [0.1, 0.15) is 0 Å². The van der Waals surface area contributed by atoms with Crippen molar-refractivity contribution >= 4 is 33.0 Å². The van der Waals surface area contributed by atoms with Crippen LogP contribution in [0.4, 0.5) is 5.69 Å². The fourth-order valence-electron chi connectivity index (χ4n) is 3.56. The van der Waals surface area contributed by atoms with E-state index in [4.69, 9.17) is 11.6 Å². The molecule has 0 atom stereocenters. The van der Waals surface area contributed by atoms with Crippen molar-refractivity contribution in [2.45, 2.75) is 30.7 Å². The molecule has 150 valence electrons. The van der Waals surface area contributed by atoms with Gasteiger partial charge in [-0.3, -0.25) is 4.79 Å². The van der Waals surface area contributed by atoms with E-state index < -0.39 is 9.84 Å². The molecule has 0 aromatic heterocycles. The van der Waals surface area contributed by atoms with Crippen molar-refractivity contribution in [1.82, 2.24) is 4.90 Å². The summed E-state index contributed by atoms with van der Waals surface area (Å²) >= 11 is 5.99. The van der Waals surface area contributed by atoms with Crippen LogP contribution >= 0.6 is 11.6 Å². The molecule has 1 saturated heterocycles. The molecule has 1 aliphatic rings. The predicted molar refractivity (Wildman–Crippen MR) is 113 cm³/mol. The van der Waals surface area contributed by atoms with E-state index in [1.54, 1.807) is 18.0 Å². The first kappa shape index (κ1) is 20.7. The summed E-state index contributed by atoms with van der Waals surface area (Å²) in [6, 6.07) is 12.5. The van der Waals surface area contributed by atoms with E-state index in [2.05, 4.69) is 11.0 Å². The minimum absolute atomic E-state index is 0.0258. The molecule has 1 amide bonds. The number of hydrogen-bond donors (Lipinski definition) is 0. The van der Waals surface area contributed by atoms with Crippen LogP contribution in [0.2, 0.25) is 5.02 Å². The predicted octanol–water partition coefficient (Wildman–Crippen LogP) is 4.01. The number of rotatable bonds is 5. The molecule has 2 aromatic carbocycles. The molecule has 5 nitrogen and oxygen atoms in total. The van der Waals surface area contributed by atoms with Gasteiger partial charge in [0.25, 0.3) is 5.91 Å². The lowest BCUT2D eigenvalue weighted by molar-refractivity contribution is 0.0785. The van der Waals surface area contributed by atoms with E-state index in [-0.39, 0.29) is 15.8 Å². The van der Waals surface area contributed by atoms with Gasteiger partial charge in [0.2, 0.25) is 0 Å². The summed E-state index contributed by atoms with van der Waals surface area (Å²) in [6.07, 6.45) is 4.71. The molecule has 0 saturated carbocycles. The van der Waals surface area contributed by atoms with Gasteiger partial charge in [0.15, 0.2) is 9.84 Å². The first-order valence-electron chi connectivity index (χ1n) is 9.35. The van der Waals surface area contributed by atoms with Gasteiger partial charge in [0, 0.05) is 44.2 Å². The van der Waals surface area contributed by atoms with Crippen LogP contribution in [0.15, 0.2) is 47.4 Å². The van der Waals surface area contributed by atoms with Crippen molar-refractivity contribution in [3.05, 3.63) is 58.6 Å². The average molecular weight is 421 g/mol. The van der Waals surface area contributed by atoms with E-state index in [9.17, 15) is 13.2 Å². The van der Waals surface area contributed by atoms with Crippen LogP contribution in [0.25, 0.3) is 0 Å². The first-order valence-corrected chi connectivity index (χ1v) is 11.6. The highest BCUT2D eigenvalue weighted by atomic mass is 35.5. The summed E-state index contributed by atoms with van der Waals surface area (Å²) in [5.74, 6) is -0.241. The molecule has 0 aliphatic carbocycles. The van der Waals surface area contributed by atoms with E-state index in [1.165, 1.54) is 31.4 Å². The molecular formula is C21H25ClN2O3S. The number of halogens is 1. The van der Waals surface area contributed by atoms with Crippen LogP contribution in [0.5, 0.6) is 0 Å². The molecule has 0 spiro atoms. The molecular weight excluding hydrogens is 396 g/mol. The minimum atomic E-state index is -3.50. The Kier molecular flexibility index (Phi) is 6.30. The maximum atomic E-state index is 12.9. The lowest BCUT2D eigenvalue weighted by Crippen LogP contribution is -2.32. The highest BCUT2D eigenvalue weighted by molar-refractivity contribution is 7.90. The number of para-hydroxylation sites is 1. The molecule has 1 aliphatic heterocycles. The summed E-state index contributed by atoms with van der Waals surface area (Å²) in [7, 11) is -1.78. The van der Waals surface area contributed by atoms with Crippen LogP contribution in [0.1, 0.15) is 35.2 Å². The summed E-state index contributed by atoms with van der Waals surface area (Å²) in [4.78, 5) is 16.9. The zero-order chi connectivity index (χ0) is 20.3. The second-order valence-electron chi connectivity index (χ2n) is 7.26. The number of amides is 1. The van der Waals surface area contributed by atoms with Crippen LogP contribution in [-0.2, 0) is 16.4 Å². The molecule has 1 heterocycles. The largest absolute Gasteiger partial charge is 0.371 e. The monoisotopic (exact) mass is 420 g/mol. The molecule has 2 aromatic rings. The van der Waals surface area contributed by atoms with Crippen molar-refractivity contribution in [2.24, 2.45) is 0 Å². The van der Waals surface area contributed by atoms with Gasteiger partial charge in [-0.25, -0.2) is 8.42 Å².